The van der Waals surface area contributed by atoms with Crippen molar-refractivity contribution >= 4 is 22.7 Å². The van der Waals surface area contributed by atoms with Crippen molar-refractivity contribution in [2.75, 3.05) is 12.0 Å². The van der Waals surface area contributed by atoms with Gasteiger partial charge in [-0.3, -0.25) is 5.43 Å². The van der Waals surface area contributed by atoms with E-state index in [9.17, 15) is 0 Å². The molecule has 0 spiro atoms. The number of ether oxygens (including phenoxy) is 1. The molecule has 0 aliphatic carbocycles. The van der Waals surface area contributed by atoms with Crippen LogP contribution in [0, 0.1) is 13.8 Å². The van der Waals surface area contributed by atoms with E-state index in [0.717, 1.165) is 40.7 Å². The Kier molecular flexibility index (Phi) is 6.02. The lowest BCUT2D eigenvalue weighted by Gasteiger charge is -2.04. The maximum atomic E-state index is 5.58. The highest BCUT2D eigenvalue weighted by Crippen LogP contribution is 2.27. The minimum absolute atomic E-state index is 0.738. The topological polar surface area (TPSA) is 46.5 Å². The Balaban J connectivity index is 1.61. The van der Waals surface area contributed by atoms with Gasteiger partial charge in [-0.2, -0.15) is 5.10 Å². The molecule has 0 saturated carbocycles. The molecular weight excluding hydrogens is 342 g/mol. The first-order chi connectivity index (χ1) is 12.7. The Morgan fingerprint density at radius 2 is 1.96 bits per heavy atom. The second kappa shape index (κ2) is 8.63. The highest BCUT2D eigenvalue weighted by molar-refractivity contribution is 7.14. The second-order valence-corrected chi connectivity index (χ2v) is 7.00. The molecule has 0 aliphatic rings. The van der Waals surface area contributed by atoms with Gasteiger partial charge in [0.1, 0.15) is 5.75 Å². The number of hydrogen-bond donors (Lipinski definition) is 1. The van der Waals surface area contributed by atoms with E-state index >= 15 is 0 Å². The molecule has 0 saturated heterocycles. The molecule has 0 aliphatic heterocycles. The molecule has 3 aromatic rings. The van der Waals surface area contributed by atoms with Crippen LogP contribution in [0.25, 0.3) is 11.3 Å². The third-order valence-electron chi connectivity index (χ3n) is 3.89. The summed E-state index contributed by atoms with van der Waals surface area (Å²) in [5.41, 5.74) is 8.64. The monoisotopic (exact) mass is 365 g/mol. The average molecular weight is 366 g/mol. The van der Waals surface area contributed by atoms with Crippen LogP contribution < -0.4 is 10.2 Å². The van der Waals surface area contributed by atoms with E-state index in [4.69, 9.17) is 4.74 Å². The molecule has 1 aromatic heterocycles. The van der Waals surface area contributed by atoms with Crippen molar-refractivity contribution in [3.8, 4) is 17.0 Å². The van der Waals surface area contributed by atoms with E-state index in [-0.39, 0.29) is 0 Å². The quantitative estimate of drug-likeness (QED) is 0.434. The Morgan fingerprint density at radius 3 is 2.69 bits per heavy atom. The number of nitrogens with zero attached hydrogens (tertiary/aromatic N) is 2. The lowest BCUT2D eigenvalue weighted by molar-refractivity contribution is 0.317. The number of aryl methyl sites for hydroxylation is 2. The first kappa shape index (κ1) is 18.1. The van der Waals surface area contributed by atoms with Gasteiger partial charge in [0.15, 0.2) is 0 Å². The van der Waals surface area contributed by atoms with Crippen LogP contribution in [0.15, 0.2) is 52.9 Å². The number of anilines is 1. The number of rotatable bonds is 7. The van der Waals surface area contributed by atoms with E-state index in [1.165, 1.54) is 11.1 Å². The van der Waals surface area contributed by atoms with Gasteiger partial charge in [-0.1, -0.05) is 30.7 Å². The smallest absolute Gasteiger partial charge is 0.203 e. The molecule has 1 heterocycles. The van der Waals surface area contributed by atoms with Gasteiger partial charge in [-0.25, -0.2) is 4.98 Å². The number of nitrogens with one attached hydrogen (secondary N) is 1. The molecule has 0 atom stereocenters. The van der Waals surface area contributed by atoms with Crippen LogP contribution in [0.3, 0.4) is 0 Å². The van der Waals surface area contributed by atoms with Crippen LogP contribution in [-0.4, -0.2) is 17.8 Å². The maximum Gasteiger partial charge on any atom is 0.203 e. The van der Waals surface area contributed by atoms with Crippen LogP contribution in [0.5, 0.6) is 5.75 Å². The molecule has 26 heavy (non-hydrogen) atoms. The lowest BCUT2D eigenvalue weighted by atomic mass is 10.0. The summed E-state index contributed by atoms with van der Waals surface area (Å²) >= 11 is 1.55. The second-order valence-electron chi connectivity index (χ2n) is 6.14. The predicted octanol–water partition coefficient (Wildman–Crippen LogP) is 5.66. The minimum atomic E-state index is 0.738. The molecule has 0 fully saturated rings. The fourth-order valence-electron chi connectivity index (χ4n) is 2.58. The normalized spacial score (nSPS) is 11.0. The molecule has 0 radical (unpaired) electrons. The molecule has 0 unspecified atom stereocenters. The highest BCUT2D eigenvalue weighted by Gasteiger charge is 2.06. The number of thiazole rings is 1. The summed E-state index contributed by atoms with van der Waals surface area (Å²) in [6.45, 7) is 7.04. The van der Waals surface area contributed by atoms with Gasteiger partial charge in [-0.05, 0) is 55.7 Å². The maximum absolute atomic E-state index is 5.58. The van der Waals surface area contributed by atoms with Gasteiger partial charge in [0, 0.05) is 10.9 Å². The SMILES string of the molecule is CCCOc1ccc(/C=N\Nc2nc(-c3ccc(C)cc3C)cs2)cc1. The van der Waals surface area contributed by atoms with Crippen LogP contribution in [-0.2, 0) is 0 Å². The first-order valence-corrected chi connectivity index (χ1v) is 9.59. The van der Waals surface area contributed by atoms with Crippen molar-refractivity contribution in [3.05, 3.63) is 64.5 Å². The molecule has 5 heteroatoms. The molecule has 4 nitrogen and oxygen atoms in total. The molecular formula is C21H23N3OS. The zero-order valence-electron chi connectivity index (χ0n) is 15.3. The molecule has 134 valence electrons. The zero-order chi connectivity index (χ0) is 18.4. The number of hydrazone groups is 1. The van der Waals surface area contributed by atoms with E-state index in [0.29, 0.717) is 0 Å². The average Bonchev–Trinajstić information content (AvgIpc) is 3.09. The Labute approximate surface area is 158 Å². The summed E-state index contributed by atoms with van der Waals surface area (Å²) in [7, 11) is 0. The summed E-state index contributed by atoms with van der Waals surface area (Å²) in [5, 5.41) is 7.11. The molecule has 0 bridgehead atoms. The van der Waals surface area contributed by atoms with Crippen molar-refractivity contribution in [2.45, 2.75) is 27.2 Å². The highest BCUT2D eigenvalue weighted by atomic mass is 32.1. The van der Waals surface area contributed by atoms with Gasteiger partial charge in [0.2, 0.25) is 5.13 Å². The van der Waals surface area contributed by atoms with Crippen LogP contribution in [0.1, 0.15) is 30.0 Å². The molecule has 2 aromatic carbocycles. The minimum Gasteiger partial charge on any atom is -0.494 e. The third kappa shape index (κ3) is 4.70. The van der Waals surface area contributed by atoms with Gasteiger partial charge in [-0.15, -0.1) is 11.3 Å². The summed E-state index contributed by atoms with van der Waals surface area (Å²) in [6, 6.07) is 14.3. The van der Waals surface area contributed by atoms with E-state index < -0.39 is 0 Å². The Hall–Kier alpha value is -2.66. The van der Waals surface area contributed by atoms with Crippen molar-refractivity contribution in [1.29, 1.82) is 0 Å². The molecule has 3 rings (SSSR count). The van der Waals surface area contributed by atoms with E-state index in [1.807, 2.05) is 24.3 Å². The summed E-state index contributed by atoms with van der Waals surface area (Å²) < 4.78 is 5.58. The first-order valence-electron chi connectivity index (χ1n) is 8.71. The fraction of sp³-hybridized carbons (Fsp3) is 0.238. The Bertz CT molecular complexity index is 885. The summed E-state index contributed by atoms with van der Waals surface area (Å²) in [6.07, 6.45) is 2.78. The standard InChI is InChI=1S/C21H23N3OS/c1-4-11-25-18-8-6-17(7-9-18)13-22-24-21-23-20(14-26-21)19-10-5-15(2)12-16(19)3/h5-10,12-14H,4,11H2,1-3H3,(H,23,24)/b22-13-. The molecule has 0 amide bonds. The van der Waals surface area contributed by atoms with Gasteiger partial charge in [0.05, 0.1) is 18.5 Å². The van der Waals surface area contributed by atoms with Gasteiger partial charge in [0.25, 0.3) is 0 Å². The van der Waals surface area contributed by atoms with E-state index in [1.54, 1.807) is 17.6 Å². The Morgan fingerprint density at radius 1 is 1.15 bits per heavy atom. The van der Waals surface area contributed by atoms with Crippen LogP contribution in [0.2, 0.25) is 0 Å². The van der Waals surface area contributed by atoms with Crippen molar-refractivity contribution < 1.29 is 4.74 Å². The van der Waals surface area contributed by atoms with Gasteiger partial charge < -0.3 is 4.74 Å². The third-order valence-corrected chi connectivity index (χ3v) is 4.64. The van der Waals surface area contributed by atoms with Crippen molar-refractivity contribution in [1.82, 2.24) is 4.98 Å². The van der Waals surface area contributed by atoms with Crippen LogP contribution >= 0.6 is 11.3 Å². The zero-order valence-corrected chi connectivity index (χ0v) is 16.1. The fourth-order valence-corrected chi connectivity index (χ4v) is 3.24. The number of hydrogen-bond acceptors (Lipinski definition) is 5. The summed E-state index contributed by atoms with van der Waals surface area (Å²) in [5.74, 6) is 0.884. The van der Waals surface area contributed by atoms with Crippen molar-refractivity contribution in [2.24, 2.45) is 5.10 Å². The van der Waals surface area contributed by atoms with Crippen molar-refractivity contribution in [3.63, 3.8) is 0 Å². The van der Waals surface area contributed by atoms with E-state index in [2.05, 4.69) is 59.9 Å². The number of aromatic nitrogens is 1. The predicted molar refractivity (Wildman–Crippen MR) is 110 cm³/mol. The number of benzene rings is 2. The largest absolute Gasteiger partial charge is 0.494 e. The summed E-state index contributed by atoms with van der Waals surface area (Å²) in [4.78, 5) is 4.62. The lowest BCUT2D eigenvalue weighted by Crippen LogP contribution is -1.95. The van der Waals surface area contributed by atoms with Gasteiger partial charge >= 0.3 is 0 Å². The molecule has 1 N–H and O–H groups in total. The van der Waals surface area contributed by atoms with Crippen LogP contribution in [0.4, 0.5) is 5.13 Å².